The molecule has 2 amide bonds. The van der Waals surface area contributed by atoms with E-state index in [-0.39, 0.29) is 25.1 Å². The number of hydrogen-bond donors (Lipinski definition) is 1. The van der Waals surface area contributed by atoms with Crippen LogP contribution in [0, 0.1) is 5.92 Å². The van der Waals surface area contributed by atoms with Crippen LogP contribution >= 0.6 is 11.8 Å². The van der Waals surface area contributed by atoms with Crippen LogP contribution in [-0.2, 0) is 17.1 Å². The van der Waals surface area contributed by atoms with E-state index in [9.17, 15) is 35.9 Å². The molecule has 0 radical (unpaired) electrons. The van der Waals surface area contributed by atoms with Crippen LogP contribution in [0.5, 0.6) is 0 Å². The number of amides is 2. The maximum Gasteiger partial charge on any atom is 0.416 e. The van der Waals surface area contributed by atoms with Crippen molar-refractivity contribution in [2.75, 3.05) is 24.7 Å². The topological polar surface area (TPSA) is 49.4 Å². The van der Waals surface area contributed by atoms with Crippen LogP contribution in [0.25, 0.3) is 0 Å². The number of nitrogens with zero attached hydrogens (tertiary/aromatic N) is 1. The first-order valence-corrected chi connectivity index (χ1v) is 11.1. The van der Waals surface area contributed by atoms with E-state index in [0.29, 0.717) is 30.7 Å². The second kappa shape index (κ2) is 9.66. The zero-order valence-electron chi connectivity index (χ0n) is 17.4. The van der Waals surface area contributed by atoms with Gasteiger partial charge in [0.15, 0.2) is 0 Å². The van der Waals surface area contributed by atoms with Gasteiger partial charge in [-0.1, -0.05) is 6.07 Å². The zero-order valence-corrected chi connectivity index (χ0v) is 18.2. The summed E-state index contributed by atoms with van der Waals surface area (Å²) >= 11 is 1.49. The standard InChI is InChI=1S/C22H20F6N2O2S/c1-33-18-6-2-5-17(11-18)29-19(31)13-4-3-7-30(12-13)20(32)14-8-15(21(23,24)25)10-16(9-14)22(26,27)28/h2,5-6,8-11,13H,3-4,7,12H2,1H3,(H,29,31). The van der Waals surface area contributed by atoms with Gasteiger partial charge in [-0.2, -0.15) is 26.3 Å². The highest BCUT2D eigenvalue weighted by molar-refractivity contribution is 7.98. The summed E-state index contributed by atoms with van der Waals surface area (Å²) in [6, 6.07) is 7.91. The van der Waals surface area contributed by atoms with Gasteiger partial charge in [-0.15, -0.1) is 11.8 Å². The smallest absolute Gasteiger partial charge is 0.338 e. The molecule has 1 saturated heterocycles. The predicted octanol–water partition coefficient (Wildman–Crippen LogP) is 5.94. The van der Waals surface area contributed by atoms with Crippen molar-refractivity contribution in [3.63, 3.8) is 0 Å². The van der Waals surface area contributed by atoms with Crippen LogP contribution < -0.4 is 5.32 Å². The lowest BCUT2D eigenvalue weighted by Gasteiger charge is -2.32. The minimum Gasteiger partial charge on any atom is -0.338 e. The number of anilines is 1. The number of halogens is 6. The van der Waals surface area contributed by atoms with Crippen molar-refractivity contribution in [3.05, 3.63) is 59.2 Å². The Hall–Kier alpha value is -2.69. The summed E-state index contributed by atoms with van der Waals surface area (Å²) in [5.74, 6) is -1.99. The quantitative estimate of drug-likeness (QED) is 0.427. The maximum atomic E-state index is 13.1. The average Bonchev–Trinajstić information content (AvgIpc) is 2.77. The number of benzene rings is 2. The lowest BCUT2D eigenvalue weighted by Crippen LogP contribution is -2.43. The van der Waals surface area contributed by atoms with Gasteiger partial charge >= 0.3 is 12.4 Å². The van der Waals surface area contributed by atoms with Crippen molar-refractivity contribution in [1.29, 1.82) is 0 Å². The number of carbonyl (C=O) groups is 2. The number of hydrogen-bond acceptors (Lipinski definition) is 3. The summed E-state index contributed by atoms with van der Waals surface area (Å²) in [4.78, 5) is 27.6. The molecule has 11 heteroatoms. The molecule has 0 saturated carbocycles. The number of likely N-dealkylation sites (tertiary alicyclic amines) is 1. The second-order valence-corrected chi connectivity index (χ2v) is 8.49. The van der Waals surface area contributed by atoms with E-state index in [1.54, 1.807) is 18.2 Å². The summed E-state index contributed by atoms with van der Waals surface area (Å²) in [6.45, 7) is 0.0205. The zero-order chi connectivity index (χ0) is 24.4. The third kappa shape index (κ3) is 6.21. The Labute approximate surface area is 190 Å². The summed E-state index contributed by atoms with van der Waals surface area (Å²) in [5, 5.41) is 2.76. The normalized spacial score (nSPS) is 17.1. The Morgan fingerprint density at radius 1 is 1.00 bits per heavy atom. The van der Waals surface area contributed by atoms with Gasteiger partial charge in [0.2, 0.25) is 5.91 Å². The Morgan fingerprint density at radius 2 is 1.64 bits per heavy atom. The van der Waals surface area contributed by atoms with Crippen LogP contribution in [0.1, 0.15) is 34.3 Å². The number of thioether (sulfide) groups is 1. The highest BCUT2D eigenvalue weighted by Gasteiger charge is 2.38. The molecule has 1 heterocycles. The SMILES string of the molecule is CSc1cccc(NC(=O)C2CCCN(C(=O)c3cc(C(F)(F)F)cc(C(F)(F)F)c3)C2)c1. The highest BCUT2D eigenvalue weighted by Crippen LogP contribution is 2.37. The maximum absolute atomic E-state index is 13.1. The molecule has 0 bridgehead atoms. The number of alkyl halides is 6. The van der Waals surface area contributed by atoms with E-state index in [4.69, 9.17) is 0 Å². The average molecular weight is 490 g/mol. The van der Waals surface area contributed by atoms with Gasteiger partial charge in [0.05, 0.1) is 17.0 Å². The van der Waals surface area contributed by atoms with Crippen molar-refractivity contribution in [2.45, 2.75) is 30.1 Å². The van der Waals surface area contributed by atoms with Gasteiger partial charge in [-0.25, -0.2) is 0 Å². The largest absolute Gasteiger partial charge is 0.416 e. The van der Waals surface area contributed by atoms with Crippen molar-refractivity contribution in [2.24, 2.45) is 5.92 Å². The van der Waals surface area contributed by atoms with Crippen molar-refractivity contribution < 1.29 is 35.9 Å². The predicted molar refractivity (Wildman–Crippen MR) is 112 cm³/mol. The monoisotopic (exact) mass is 490 g/mol. The third-order valence-electron chi connectivity index (χ3n) is 5.25. The Kier molecular flexibility index (Phi) is 7.30. The number of nitrogens with one attached hydrogen (secondary N) is 1. The minimum atomic E-state index is -5.05. The van der Waals surface area contributed by atoms with Crippen LogP contribution in [0.3, 0.4) is 0 Å². The third-order valence-corrected chi connectivity index (χ3v) is 5.98. The van der Waals surface area contributed by atoms with E-state index in [1.807, 2.05) is 12.3 Å². The summed E-state index contributed by atoms with van der Waals surface area (Å²) in [7, 11) is 0. The van der Waals surface area contributed by atoms with Gasteiger partial charge in [0, 0.05) is 29.2 Å². The van der Waals surface area contributed by atoms with E-state index < -0.39 is 40.9 Å². The molecule has 2 aromatic rings. The molecule has 4 nitrogen and oxygen atoms in total. The van der Waals surface area contributed by atoms with Crippen LogP contribution in [0.4, 0.5) is 32.0 Å². The molecule has 1 atom stereocenters. The van der Waals surface area contributed by atoms with Crippen LogP contribution in [0.2, 0.25) is 0 Å². The molecule has 1 aliphatic rings. The number of rotatable bonds is 4. The van der Waals surface area contributed by atoms with Gasteiger partial charge in [-0.05, 0) is 55.5 Å². The van der Waals surface area contributed by atoms with Crippen LogP contribution in [0.15, 0.2) is 47.4 Å². The fraction of sp³-hybridized carbons (Fsp3) is 0.364. The van der Waals surface area contributed by atoms with E-state index in [1.165, 1.54) is 11.8 Å². The fourth-order valence-corrected chi connectivity index (χ4v) is 4.04. The molecule has 178 valence electrons. The van der Waals surface area contributed by atoms with Crippen LogP contribution in [-0.4, -0.2) is 36.1 Å². The Balaban J connectivity index is 1.79. The second-order valence-electron chi connectivity index (χ2n) is 7.61. The molecule has 1 aliphatic heterocycles. The van der Waals surface area contributed by atoms with Crippen molar-refractivity contribution in [3.8, 4) is 0 Å². The molecule has 0 aliphatic carbocycles. The Bertz CT molecular complexity index is 1010. The minimum absolute atomic E-state index is 0.0219. The molecular formula is C22H20F6N2O2S. The van der Waals surface area contributed by atoms with Gasteiger partial charge in [-0.3, -0.25) is 9.59 Å². The lowest BCUT2D eigenvalue weighted by atomic mass is 9.95. The molecule has 33 heavy (non-hydrogen) atoms. The molecule has 3 rings (SSSR count). The summed E-state index contributed by atoms with van der Waals surface area (Å²) < 4.78 is 78.7. The fourth-order valence-electron chi connectivity index (χ4n) is 3.58. The van der Waals surface area contributed by atoms with E-state index in [0.717, 1.165) is 9.80 Å². The first-order chi connectivity index (χ1) is 15.4. The van der Waals surface area contributed by atoms with Crippen molar-refractivity contribution in [1.82, 2.24) is 4.90 Å². The van der Waals surface area contributed by atoms with Gasteiger partial charge in [0.1, 0.15) is 0 Å². The van der Waals surface area contributed by atoms with E-state index in [2.05, 4.69) is 5.32 Å². The molecule has 0 aromatic heterocycles. The molecule has 1 N–H and O–H groups in total. The number of carbonyl (C=O) groups excluding carboxylic acids is 2. The first kappa shape index (κ1) is 24.9. The molecule has 2 aromatic carbocycles. The molecular weight excluding hydrogens is 470 g/mol. The first-order valence-electron chi connectivity index (χ1n) is 9.92. The summed E-state index contributed by atoms with van der Waals surface area (Å²) in [5.41, 5.74) is -3.27. The number of piperidine rings is 1. The van der Waals surface area contributed by atoms with E-state index >= 15 is 0 Å². The highest BCUT2D eigenvalue weighted by atomic mass is 32.2. The molecule has 1 unspecified atom stereocenters. The molecule has 1 fully saturated rings. The summed E-state index contributed by atoms with van der Waals surface area (Å²) in [6.07, 6.45) is -7.39. The van der Waals surface area contributed by atoms with Gasteiger partial charge < -0.3 is 10.2 Å². The lowest BCUT2D eigenvalue weighted by molar-refractivity contribution is -0.143. The van der Waals surface area contributed by atoms with Gasteiger partial charge in [0.25, 0.3) is 5.91 Å². The molecule has 0 spiro atoms. The van der Waals surface area contributed by atoms with Crippen molar-refractivity contribution >= 4 is 29.3 Å². The Morgan fingerprint density at radius 3 is 2.21 bits per heavy atom.